The van der Waals surface area contributed by atoms with Crippen LogP contribution in [-0.2, 0) is 4.79 Å². The summed E-state index contributed by atoms with van der Waals surface area (Å²) in [6.45, 7) is 2.93. The molecule has 2 rings (SSSR count). The second kappa shape index (κ2) is 4.29. The second-order valence-corrected chi connectivity index (χ2v) is 3.64. The lowest BCUT2D eigenvalue weighted by Gasteiger charge is -2.03. The highest BCUT2D eigenvalue weighted by Gasteiger charge is 2.28. The van der Waals surface area contributed by atoms with Gasteiger partial charge in [-0.2, -0.15) is 4.98 Å². The molecule has 0 aromatic carbocycles. The van der Waals surface area contributed by atoms with E-state index < -0.39 is 0 Å². The van der Waals surface area contributed by atoms with Gasteiger partial charge in [0.1, 0.15) is 0 Å². The maximum absolute atomic E-state index is 11.2. The van der Waals surface area contributed by atoms with Gasteiger partial charge in [0.25, 0.3) is 0 Å². The minimum Gasteiger partial charge on any atom is -0.354 e. The predicted molar refractivity (Wildman–Crippen MR) is 53.3 cm³/mol. The first-order chi connectivity index (χ1) is 7.25. The number of carbonyl (C=O) groups excluding carboxylic acids is 1. The number of nitrogens with zero attached hydrogens (tertiary/aromatic N) is 2. The molecule has 0 unspecified atom stereocenters. The van der Waals surface area contributed by atoms with Crippen molar-refractivity contribution < 1.29 is 9.32 Å². The maximum Gasteiger partial charge on any atom is 0.321 e. The van der Waals surface area contributed by atoms with Crippen molar-refractivity contribution >= 4 is 11.9 Å². The summed E-state index contributed by atoms with van der Waals surface area (Å²) >= 11 is 0. The third kappa shape index (κ3) is 2.93. The molecule has 0 bridgehead atoms. The molecule has 1 fully saturated rings. The fourth-order valence-electron chi connectivity index (χ4n) is 1.21. The van der Waals surface area contributed by atoms with E-state index in [0.29, 0.717) is 24.9 Å². The predicted octanol–water partition coefficient (Wildman–Crippen LogP) is 0.316. The molecule has 0 saturated heterocycles. The minimum absolute atomic E-state index is 0.151. The number of aromatic nitrogens is 2. The van der Waals surface area contributed by atoms with E-state index in [0.717, 1.165) is 12.8 Å². The third-order valence-corrected chi connectivity index (χ3v) is 2.18. The Labute approximate surface area is 87.4 Å². The Hall–Kier alpha value is -1.59. The van der Waals surface area contributed by atoms with Crippen LogP contribution in [0.25, 0.3) is 0 Å². The van der Waals surface area contributed by atoms with Crippen LogP contribution in [-0.4, -0.2) is 29.1 Å². The SMILES string of the molecule is Cc1noc(NCCNC(=O)C2CC2)n1. The van der Waals surface area contributed by atoms with Gasteiger partial charge in [-0.3, -0.25) is 4.79 Å². The lowest BCUT2D eigenvalue weighted by atomic mass is 10.4. The van der Waals surface area contributed by atoms with Crippen LogP contribution in [0.3, 0.4) is 0 Å². The lowest BCUT2D eigenvalue weighted by Crippen LogP contribution is -2.29. The molecule has 1 aromatic rings. The number of hydrogen-bond acceptors (Lipinski definition) is 5. The van der Waals surface area contributed by atoms with Gasteiger partial charge in [-0.1, -0.05) is 5.16 Å². The molecule has 1 amide bonds. The molecule has 0 spiro atoms. The molecular formula is C9H14N4O2. The third-order valence-electron chi connectivity index (χ3n) is 2.18. The minimum atomic E-state index is 0.151. The number of nitrogens with one attached hydrogen (secondary N) is 2. The summed E-state index contributed by atoms with van der Waals surface area (Å²) in [6.07, 6.45) is 2.06. The monoisotopic (exact) mass is 210 g/mol. The number of rotatable bonds is 5. The summed E-state index contributed by atoms with van der Waals surface area (Å²) in [5.41, 5.74) is 0. The second-order valence-electron chi connectivity index (χ2n) is 3.64. The molecule has 2 N–H and O–H groups in total. The van der Waals surface area contributed by atoms with E-state index in [4.69, 9.17) is 4.52 Å². The molecule has 0 atom stereocenters. The first-order valence-corrected chi connectivity index (χ1v) is 5.07. The molecule has 0 aliphatic heterocycles. The highest BCUT2D eigenvalue weighted by molar-refractivity contribution is 5.80. The van der Waals surface area contributed by atoms with Crippen molar-refractivity contribution in [3.05, 3.63) is 5.82 Å². The molecule has 1 heterocycles. The zero-order valence-corrected chi connectivity index (χ0v) is 8.62. The Kier molecular flexibility index (Phi) is 2.84. The summed E-state index contributed by atoms with van der Waals surface area (Å²) in [5.74, 6) is 1.01. The number of hydrogen-bond donors (Lipinski definition) is 2. The normalized spacial score (nSPS) is 15.0. The van der Waals surface area contributed by atoms with E-state index in [1.807, 2.05) is 0 Å². The van der Waals surface area contributed by atoms with Gasteiger partial charge in [-0.15, -0.1) is 0 Å². The van der Waals surface area contributed by atoms with Crippen molar-refractivity contribution in [2.45, 2.75) is 19.8 Å². The number of anilines is 1. The van der Waals surface area contributed by atoms with Gasteiger partial charge in [0, 0.05) is 19.0 Å². The zero-order chi connectivity index (χ0) is 10.7. The lowest BCUT2D eigenvalue weighted by molar-refractivity contribution is -0.122. The number of carbonyl (C=O) groups is 1. The van der Waals surface area contributed by atoms with Crippen LogP contribution >= 0.6 is 0 Å². The molecular weight excluding hydrogens is 196 g/mol. The quantitative estimate of drug-likeness (QED) is 0.684. The Morgan fingerprint density at radius 2 is 2.33 bits per heavy atom. The van der Waals surface area contributed by atoms with Crippen molar-refractivity contribution in [2.24, 2.45) is 5.92 Å². The van der Waals surface area contributed by atoms with Crippen molar-refractivity contribution in [1.82, 2.24) is 15.5 Å². The van der Waals surface area contributed by atoms with Crippen LogP contribution in [0.4, 0.5) is 6.01 Å². The Morgan fingerprint density at radius 3 is 2.93 bits per heavy atom. The van der Waals surface area contributed by atoms with Crippen molar-refractivity contribution in [3.8, 4) is 0 Å². The summed E-state index contributed by atoms with van der Waals surface area (Å²) in [7, 11) is 0. The molecule has 6 nitrogen and oxygen atoms in total. The summed E-state index contributed by atoms with van der Waals surface area (Å²) in [5, 5.41) is 9.39. The van der Waals surface area contributed by atoms with Crippen LogP contribution in [0.2, 0.25) is 0 Å². The summed E-state index contributed by atoms with van der Waals surface area (Å²) in [6, 6.07) is 0.396. The maximum atomic E-state index is 11.2. The van der Waals surface area contributed by atoms with Crippen LogP contribution in [0.15, 0.2) is 4.52 Å². The molecule has 1 aliphatic rings. The Morgan fingerprint density at radius 1 is 1.53 bits per heavy atom. The first-order valence-electron chi connectivity index (χ1n) is 5.07. The molecule has 1 aromatic heterocycles. The van der Waals surface area contributed by atoms with Crippen LogP contribution < -0.4 is 10.6 Å². The van der Waals surface area contributed by atoms with E-state index in [9.17, 15) is 4.79 Å². The topological polar surface area (TPSA) is 80.0 Å². The largest absolute Gasteiger partial charge is 0.354 e. The molecule has 82 valence electrons. The average molecular weight is 210 g/mol. The number of aryl methyl sites for hydroxylation is 1. The van der Waals surface area contributed by atoms with E-state index in [2.05, 4.69) is 20.8 Å². The smallest absolute Gasteiger partial charge is 0.321 e. The van der Waals surface area contributed by atoms with Crippen molar-refractivity contribution in [2.75, 3.05) is 18.4 Å². The van der Waals surface area contributed by atoms with Gasteiger partial charge in [0.05, 0.1) is 0 Å². The van der Waals surface area contributed by atoms with E-state index in [1.165, 1.54) is 0 Å². The van der Waals surface area contributed by atoms with Crippen LogP contribution in [0.5, 0.6) is 0 Å². The molecule has 1 aliphatic carbocycles. The first kappa shape index (κ1) is 9.95. The summed E-state index contributed by atoms with van der Waals surface area (Å²) in [4.78, 5) is 15.2. The van der Waals surface area contributed by atoms with Gasteiger partial charge < -0.3 is 15.2 Å². The zero-order valence-electron chi connectivity index (χ0n) is 8.62. The van der Waals surface area contributed by atoms with Crippen LogP contribution in [0, 0.1) is 12.8 Å². The highest BCUT2D eigenvalue weighted by Crippen LogP contribution is 2.28. The van der Waals surface area contributed by atoms with E-state index in [1.54, 1.807) is 6.92 Å². The van der Waals surface area contributed by atoms with Gasteiger partial charge in [0.15, 0.2) is 5.82 Å². The van der Waals surface area contributed by atoms with Gasteiger partial charge in [-0.25, -0.2) is 0 Å². The van der Waals surface area contributed by atoms with E-state index >= 15 is 0 Å². The Bertz CT molecular complexity index is 346. The van der Waals surface area contributed by atoms with E-state index in [-0.39, 0.29) is 11.8 Å². The molecule has 6 heteroatoms. The molecule has 15 heavy (non-hydrogen) atoms. The van der Waals surface area contributed by atoms with Gasteiger partial charge >= 0.3 is 6.01 Å². The standard InChI is InChI=1S/C9H14N4O2/c1-6-12-9(15-13-6)11-5-4-10-8(14)7-2-3-7/h7H,2-5H2,1H3,(H,10,14)(H,11,12,13). The van der Waals surface area contributed by atoms with Crippen LogP contribution in [0.1, 0.15) is 18.7 Å². The fourth-order valence-corrected chi connectivity index (χ4v) is 1.21. The molecule has 0 radical (unpaired) electrons. The number of amides is 1. The van der Waals surface area contributed by atoms with Crippen molar-refractivity contribution in [1.29, 1.82) is 0 Å². The molecule has 1 saturated carbocycles. The Balaban J connectivity index is 1.60. The van der Waals surface area contributed by atoms with Gasteiger partial charge in [-0.05, 0) is 19.8 Å². The summed E-state index contributed by atoms with van der Waals surface area (Å²) < 4.78 is 4.85. The highest BCUT2D eigenvalue weighted by atomic mass is 16.5. The average Bonchev–Trinajstić information content (AvgIpc) is 2.98. The van der Waals surface area contributed by atoms with Gasteiger partial charge in [0.2, 0.25) is 5.91 Å². The fraction of sp³-hybridized carbons (Fsp3) is 0.667. The van der Waals surface area contributed by atoms with Crippen molar-refractivity contribution in [3.63, 3.8) is 0 Å².